The number of carbonyl (C=O) groups excluding carboxylic acids is 1. The highest BCUT2D eigenvalue weighted by Gasteiger charge is 2.53. The number of carbonyl (C=O) groups is 1. The Hall–Kier alpha value is -0.890. The minimum atomic E-state index is -1.38. The van der Waals surface area contributed by atoms with Gasteiger partial charge in [0.2, 0.25) is 0 Å². The quantitative estimate of drug-likeness (QED) is 0.203. The largest absolute Gasteiger partial charge is 0.462 e. The lowest BCUT2D eigenvalue weighted by Crippen LogP contribution is -2.42. The molecule has 1 N–H and O–H groups in total. The Morgan fingerprint density at radius 1 is 1.21 bits per heavy atom. The lowest BCUT2D eigenvalue weighted by molar-refractivity contribution is -0.293. The molecule has 200 valence electrons. The molecule has 0 bridgehead atoms. The minimum Gasteiger partial charge on any atom is -0.462 e. The van der Waals surface area contributed by atoms with Crippen LogP contribution in [0.4, 0.5) is 0 Å². The zero-order chi connectivity index (χ0) is 25.4. The van der Waals surface area contributed by atoms with Gasteiger partial charge in [0.1, 0.15) is 25.4 Å². The fraction of sp³-hybridized carbons (Fsp3) is 0.957. The smallest absolute Gasteiger partial charge is 0.332 e. The Morgan fingerprint density at radius 3 is 2.53 bits per heavy atom. The van der Waals surface area contributed by atoms with Crippen LogP contribution in [0.5, 0.6) is 0 Å². The van der Waals surface area contributed by atoms with Gasteiger partial charge in [-0.25, -0.2) is 4.79 Å². The number of hydrogen-bond donors (Lipinski definition) is 1. The molecule has 34 heavy (non-hydrogen) atoms. The molecule has 2 aliphatic heterocycles. The van der Waals surface area contributed by atoms with E-state index in [1.807, 2.05) is 20.8 Å². The van der Waals surface area contributed by atoms with E-state index in [2.05, 4.69) is 0 Å². The van der Waals surface area contributed by atoms with Gasteiger partial charge in [-0.3, -0.25) is 0 Å². The maximum Gasteiger partial charge on any atom is 0.332 e. The van der Waals surface area contributed by atoms with Crippen molar-refractivity contribution in [3.8, 4) is 0 Å². The molecule has 2 saturated heterocycles. The Bertz CT molecular complexity index is 606. The van der Waals surface area contributed by atoms with Crippen LogP contribution >= 0.6 is 0 Å². The fourth-order valence-electron chi connectivity index (χ4n) is 3.95. The van der Waals surface area contributed by atoms with Gasteiger partial charge in [0, 0.05) is 13.0 Å². The highest BCUT2D eigenvalue weighted by Crippen LogP contribution is 2.40. The van der Waals surface area contributed by atoms with E-state index in [1.54, 1.807) is 27.9 Å². The van der Waals surface area contributed by atoms with E-state index in [0.717, 1.165) is 6.42 Å². The van der Waals surface area contributed by atoms with Crippen molar-refractivity contribution in [1.29, 1.82) is 0 Å². The second-order valence-corrected chi connectivity index (χ2v) is 9.28. The molecule has 6 atom stereocenters. The molecular formula is C23H42O11. The summed E-state index contributed by atoms with van der Waals surface area (Å²) in [6, 6.07) is 0. The first-order chi connectivity index (χ1) is 16.0. The third-order valence-corrected chi connectivity index (χ3v) is 5.37. The van der Waals surface area contributed by atoms with Gasteiger partial charge in [-0.15, -0.1) is 0 Å². The summed E-state index contributed by atoms with van der Waals surface area (Å²) in [5, 5.41) is 10.3. The van der Waals surface area contributed by atoms with Crippen molar-refractivity contribution in [1.82, 2.24) is 0 Å². The average Bonchev–Trinajstić information content (AvgIpc) is 3.26. The van der Waals surface area contributed by atoms with Crippen LogP contribution in [0.1, 0.15) is 48.0 Å². The summed E-state index contributed by atoms with van der Waals surface area (Å²) >= 11 is 0. The Kier molecular flexibility index (Phi) is 11.6. The maximum absolute atomic E-state index is 11.6. The van der Waals surface area contributed by atoms with Crippen LogP contribution in [0.3, 0.4) is 0 Å². The number of aliphatic hydroxyl groups is 1. The molecule has 2 rings (SSSR count). The summed E-state index contributed by atoms with van der Waals surface area (Å²) in [6.07, 6.45) is -1.92. The van der Waals surface area contributed by atoms with E-state index in [1.165, 1.54) is 0 Å². The first-order valence-electron chi connectivity index (χ1n) is 11.8. The molecule has 0 aromatic rings. The van der Waals surface area contributed by atoms with Gasteiger partial charge in [0.15, 0.2) is 24.2 Å². The lowest BCUT2D eigenvalue weighted by atomic mass is 9.92. The summed E-state index contributed by atoms with van der Waals surface area (Å²) in [6.45, 7) is 11.7. The van der Waals surface area contributed by atoms with Gasteiger partial charge in [-0.1, -0.05) is 6.92 Å². The van der Waals surface area contributed by atoms with Crippen LogP contribution in [0.15, 0.2) is 0 Å². The molecule has 3 unspecified atom stereocenters. The zero-order valence-corrected chi connectivity index (χ0v) is 21.4. The van der Waals surface area contributed by atoms with Crippen molar-refractivity contribution in [3.05, 3.63) is 0 Å². The number of rotatable bonds is 15. The SMILES string of the molecule is CC[C@H]1[C@@H](C2COC(C)(C)O2)OC(OC(C)OCCOC(=O)COCCOC)[C@H]1OC(C)(C)O. The van der Waals surface area contributed by atoms with E-state index < -0.39 is 36.2 Å². The normalized spacial score (nSPS) is 29.9. The van der Waals surface area contributed by atoms with Crippen LogP contribution in [0.2, 0.25) is 0 Å². The van der Waals surface area contributed by atoms with Crippen LogP contribution in [-0.4, -0.2) is 100 Å². The summed E-state index contributed by atoms with van der Waals surface area (Å²) < 4.78 is 50.5. The van der Waals surface area contributed by atoms with Gasteiger partial charge in [0.25, 0.3) is 0 Å². The van der Waals surface area contributed by atoms with Crippen LogP contribution in [-0.2, 0) is 47.4 Å². The van der Waals surface area contributed by atoms with Crippen molar-refractivity contribution >= 4 is 5.97 Å². The summed E-state index contributed by atoms with van der Waals surface area (Å²) in [4.78, 5) is 11.6. The second-order valence-electron chi connectivity index (χ2n) is 9.28. The Morgan fingerprint density at radius 2 is 1.94 bits per heavy atom. The third kappa shape index (κ3) is 9.63. The second kappa shape index (κ2) is 13.4. The summed E-state index contributed by atoms with van der Waals surface area (Å²) in [5.74, 6) is -2.65. The van der Waals surface area contributed by atoms with Crippen molar-refractivity contribution < 1.29 is 52.5 Å². The highest BCUT2D eigenvalue weighted by atomic mass is 16.8. The van der Waals surface area contributed by atoms with E-state index in [-0.39, 0.29) is 37.9 Å². The van der Waals surface area contributed by atoms with Crippen molar-refractivity contribution in [3.63, 3.8) is 0 Å². The predicted molar refractivity (Wildman–Crippen MR) is 119 cm³/mol. The molecule has 2 heterocycles. The van der Waals surface area contributed by atoms with E-state index in [9.17, 15) is 9.90 Å². The van der Waals surface area contributed by atoms with Crippen LogP contribution in [0.25, 0.3) is 0 Å². The molecule has 11 heteroatoms. The van der Waals surface area contributed by atoms with Crippen molar-refractivity contribution in [2.45, 2.75) is 90.4 Å². The fourth-order valence-corrected chi connectivity index (χ4v) is 3.95. The number of esters is 1. The van der Waals surface area contributed by atoms with Crippen LogP contribution in [0, 0.1) is 5.92 Å². The first-order valence-corrected chi connectivity index (χ1v) is 11.8. The highest BCUT2D eigenvalue weighted by molar-refractivity contribution is 5.70. The molecule has 0 amide bonds. The van der Waals surface area contributed by atoms with Gasteiger partial charge in [-0.2, -0.15) is 0 Å². The molecule has 2 fully saturated rings. The van der Waals surface area contributed by atoms with E-state index >= 15 is 0 Å². The summed E-state index contributed by atoms with van der Waals surface area (Å²) in [7, 11) is 1.55. The number of ether oxygens (including phenoxy) is 9. The van der Waals surface area contributed by atoms with E-state index in [0.29, 0.717) is 19.8 Å². The Balaban J connectivity index is 1.86. The zero-order valence-electron chi connectivity index (χ0n) is 21.4. The lowest BCUT2D eigenvalue weighted by Gasteiger charge is -2.31. The topological polar surface area (TPSA) is 120 Å². The molecule has 0 aliphatic carbocycles. The summed E-state index contributed by atoms with van der Waals surface area (Å²) in [5.41, 5.74) is 0. The maximum atomic E-state index is 11.6. The average molecular weight is 495 g/mol. The van der Waals surface area contributed by atoms with Crippen molar-refractivity contribution in [2.75, 3.05) is 46.8 Å². The monoisotopic (exact) mass is 494 g/mol. The predicted octanol–water partition coefficient (Wildman–Crippen LogP) is 1.59. The van der Waals surface area contributed by atoms with Gasteiger partial charge < -0.3 is 47.7 Å². The van der Waals surface area contributed by atoms with Gasteiger partial charge in [-0.05, 0) is 41.0 Å². The third-order valence-electron chi connectivity index (χ3n) is 5.37. The molecule has 0 spiro atoms. The molecule has 2 aliphatic rings. The molecule has 0 aromatic carbocycles. The Labute approximate surface area is 202 Å². The molecular weight excluding hydrogens is 452 g/mol. The minimum absolute atomic E-state index is 0.0534. The standard InChI is InChI=1S/C23H42O11/c1-8-16-19(17-13-30-23(5,6)33-17)32-21(20(16)34-22(3,4)25)31-15(2)28-11-12-29-18(24)14-27-10-9-26-7/h15-17,19-21,25H,8-14H2,1-7H3/t15?,16-,17?,19-,20-,21?/m0/s1. The van der Waals surface area contributed by atoms with Crippen molar-refractivity contribution in [2.24, 2.45) is 5.92 Å². The molecule has 11 nitrogen and oxygen atoms in total. The first kappa shape index (κ1) is 29.3. The molecule has 0 radical (unpaired) electrons. The van der Waals surface area contributed by atoms with Gasteiger partial charge >= 0.3 is 5.97 Å². The van der Waals surface area contributed by atoms with E-state index in [4.69, 9.17) is 42.6 Å². The molecule has 0 saturated carbocycles. The van der Waals surface area contributed by atoms with Gasteiger partial charge in [0.05, 0.1) is 32.5 Å². The number of hydrogen-bond acceptors (Lipinski definition) is 11. The molecule has 0 aromatic heterocycles. The van der Waals surface area contributed by atoms with Crippen LogP contribution < -0.4 is 0 Å². The number of methoxy groups -OCH3 is 1.